The van der Waals surface area contributed by atoms with E-state index in [0.717, 1.165) is 36.5 Å². The first-order valence-electron chi connectivity index (χ1n) is 8.66. The molecule has 1 saturated carbocycles. The highest BCUT2D eigenvalue weighted by Gasteiger charge is 2.31. The van der Waals surface area contributed by atoms with E-state index in [1.807, 2.05) is 42.5 Å². The minimum absolute atomic E-state index is 0.0888. The first-order valence-corrected chi connectivity index (χ1v) is 8.66. The van der Waals surface area contributed by atoms with Crippen LogP contribution >= 0.6 is 0 Å². The van der Waals surface area contributed by atoms with E-state index in [0.29, 0.717) is 5.75 Å². The second-order valence-electron chi connectivity index (χ2n) is 6.64. The number of rotatable bonds is 4. The van der Waals surface area contributed by atoms with Crippen LogP contribution in [0.5, 0.6) is 5.75 Å². The largest absolute Gasteiger partial charge is 0.481 e. The molecule has 4 heteroatoms. The number of ether oxygens (including phenoxy) is 1. The zero-order valence-corrected chi connectivity index (χ0v) is 14.3. The number of nitrogens with zero attached hydrogens (tertiary/aromatic N) is 1. The fourth-order valence-electron chi connectivity index (χ4n) is 3.49. The summed E-state index contributed by atoms with van der Waals surface area (Å²) in [4.78, 5) is 14.3. The lowest BCUT2D eigenvalue weighted by atomic mass is 9.91. The number of likely N-dealkylation sites (N-methyl/N-ethyl adjacent to an activating group) is 1. The minimum atomic E-state index is -0.578. The Kier molecular flexibility index (Phi) is 5.05. The van der Waals surface area contributed by atoms with Gasteiger partial charge in [0.05, 0.1) is 12.1 Å². The molecule has 2 aromatic rings. The molecule has 4 nitrogen and oxygen atoms in total. The van der Waals surface area contributed by atoms with Crippen molar-refractivity contribution in [2.75, 3.05) is 7.05 Å². The molecule has 3 unspecified atom stereocenters. The quantitative estimate of drug-likeness (QED) is 0.937. The average Bonchev–Trinajstić information content (AvgIpc) is 2.60. The van der Waals surface area contributed by atoms with E-state index < -0.39 is 12.2 Å². The van der Waals surface area contributed by atoms with E-state index in [-0.39, 0.29) is 11.9 Å². The minimum Gasteiger partial charge on any atom is -0.481 e. The Balaban J connectivity index is 1.68. The summed E-state index contributed by atoms with van der Waals surface area (Å²) in [6.07, 6.45) is 2.70. The van der Waals surface area contributed by atoms with E-state index in [9.17, 15) is 9.90 Å². The third-order valence-corrected chi connectivity index (χ3v) is 4.92. The van der Waals surface area contributed by atoms with E-state index in [4.69, 9.17) is 4.74 Å². The Bertz CT molecular complexity index is 715. The molecule has 0 heterocycles. The number of fused-ring (bicyclic) bond motifs is 1. The molecule has 3 rings (SSSR count). The highest BCUT2D eigenvalue weighted by Crippen LogP contribution is 2.25. The third-order valence-electron chi connectivity index (χ3n) is 4.92. The number of aliphatic hydroxyl groups excluding tert-OH is 1. The zero-order valence-electron chi connectivity index (χ0n) is 14.3. The SMILES string of the molecule is CC(Oc1ccc2ccccc2c1)C(=O)N(C)C1CCCCC1O. The number of amides is 1. The second-order valence-corrected chi connectivity index (χ2v) is 6.64. The van der Waals surface area contributed by atoms with E-state index >= 15 is 0 Å². The molecule has 0 radical (unpaired) electrons. The summed E-state index contributed by atoms with van der Waals surface area (Å²) in [7, 11) is 1.77. The molecule has 1 aliphatic rings. The van der Waals surface area contributed by atoms with Gasteiger partial charge in [-0.25, -0.2) is 0 Å². The maximum absolute atomic E-state index is 12.6. The lowest BCUT2D eigenvalue weighted by Crippen LogP contribution is -2.50. The molecule has 1 N–H and O–H groups in total. The van der Waals surface area contributed by atoms with Crippen LogP contribution in [0.4, 0.5) is 0 Å². The number of carbonyl (C=O) groups is 1. The first kappa shape index (κ1) is 16.8. The van der Waals surface area contributed by atoms with Crippen LogP contribution in [0.2, 0.25) is 0 Å². The van der Waals surface area contributed by atoms with Gasteiger partial charge in [0.15, 0.2) is 6.10 Å². The van der Waals surface area contributed by atoms with Gasteiger partial charge in [-0.05, 0) is 42.7 Å². The fraction of sp³-hybridized carbons (Fsp3) is 0.450. The Labute approximate surface area is 143 Å². The van der Waals surface area contributed by atoms with Crippen LogP contribution in [-0.2, 0) is 4.79 Å². The molecule has 128 valence electrons. The molecular formula is C20H25NO3. The summed E-state index contributed by atoms with van der Waals surface area (Å²) in [6.45, 7) is 1.77. The Morgan fingerprint density at radius 3 is 2.62 bits per heavy atom. The Morgan fingerprint density at radius 1 is 1.17 bits per heavy atom. The van der Waals surface area contributed by atoms with Crippen molar-refractivity contribution in [2.24, 2.45) is 0 Å². The van der Waals surface area contributed by atoms with Gasteiger partial charge in [0, 0.05) is 7.05 Å². The van der Waals surface area contributed by atoms with E-state index in [1.165, 1.54) is 0 Å². The third kappa shape index (κ3) is 3.54. The number of hydrogen-bond donors (Lipinski definition) is 1. The monoisotopic (exact) mass is 327 g/mol. The lowest BCUT2D eigenvalue weighted by Gasteiger charge is -2.36. The van der Waals surface area contributed by atoms with Gasteiger partial charge < -0.3 is 14.7 Å². The molecule has 3 atom stereocenters. The van der Waals surface area contributed by atoms with Crippen LogP contribution in [0, 0.1) is 0 Å². The van der Waals surface area contributed by atoms with Crippen molar-refractivity contribution in [3.05, 3.63) is 42.5 Å². The van der Waals surface area contributed by atoms with Gasteiger partial charge in [0.25, 0.3) is 5.91 Å². The zero-order chi connectivity index (χ0) is 17.1. The van der Waals surface area contributed by atoms with Gasteiger partial charge in [-0.2, -0.15) is 0 Å². The standard InChI is InChI=1S/C20H25NO3/c1-14(20(23)21(2)18-9-5-6-10-19(18)22)24-17-12-11-15-7-3-4-8-16(15)13-17/h3-4,7-8,11-14,18-19,22H,5-6,9-10H2,1-2H3. The van der Waals surface area contributed by atoms with Gasteiger partial charge in [-0.1, -0.05) is 43.2 Å². The maximum atomic E-state index is 12.6. The number of aliphatic hydroxyl groups is 1. The molecule has 0 spiro atoms. The molecule has 0 saturated heterocycles. The molecule has 24 heavy (non-hydrogen) atoms. The maximum Gasteiger partial charge on any atom is 0.263 e. The predicted molar refractivity (Wildman–Crippen MR) is 95.1 cm³/mol. The summed E-state index contributed by atoms with van der Waals surface area (Å²) in [5.41, 5.74) is 0. The highest BCUT2D eigenvalue weighted by atomic mass is 16.5. The summed E-state index contributed by atoms with van der Waals surface area (Å²) in [6, 6.07) is 13.8. The molecule has 1 aliphatic carbocycles. The number of hydrogen-bond acceptors (Lipinski definition) is 3. The van der Waals surface area contributed by atoms with Crippen molar-refractivity contribution < 1.29 is 14.6 Å². The molecular weight excluding hydrogens is 302 g/mol. The number of carbonyl (C=O) groups excluding carboxylic acids is 1. The van der Waals surface area contributed by atoms with Crippen LogP contribution in [-0.4, -0.2) is 41.2 Å². The smallest absolute Gasteiger partial charge is 0.263 e. The molecule has 1 fully saturated rings. The fourth-order valence-corrected chi connectivity index (χ4v) is 3.49. The van der Waals surface area contributed by atoms with Gasteiger partial charge in [0.2, 0.25) is 0 Å². The summed E-state index contributed by atoms with van der Waals surface area (Å²) < 4.78 is 5.86. The van der Waals surface area contributed by atoms with Crippen LogP contribution in [0.3, 0.4) is 0 Å². The summed E-state index contributed by atoms with van der Waals surface area (Å²) in [5.74, 6) is 0.598. The Hall–Kier alpha value is -2.07. The van der Waals surface area contributed by atoms with Crippen LogP contribution in [0.25, 0.3) is 10.8 Å². The van der Waals surface area contributed by atoms with Gasteiger partial charge in [-0.15, -0.1) is 0 Å². The van der Waals surface area contributed by atoms with Crippen molar-refractivity contribution in [3.63, 3.8) is 0 Å². The van der Waals surface area contributed by atoms with Crippen molar-refractivity contribution in [1.29, 1.82) is 0 Å². The molecule has 1 amide bonds. The van der Waals surface area contributed by atoms with Gasteiger partial charge >= 0.3 is 0 Å². The van der Waals surface area contributed by atoms with E-state index in [1.54, 1.807) is 18.9 Å². The predicted octanol–water partition coefficient (Wildman–Crippen LogP) is 3.37. The lowest BCUT2D eigenvalue weighted by molar-refractivity contribution is -0.142. The molecule has 0 bridgehead atoms. The van der Waals surface area contributed by atoms with Crippen LogP contribution in [0.1, 0.15) is 32.6 Å². The van der Waals surface area contributed by atoms with Crippen molar-refractivity contribution >= 4 is 16.7 Å². The van der Waals surface area contributed by atoms with E-state index in [2.05, 4.69) is 0 Å². The first-order chi connectivity index (χ1) is 11.6. The van der Waals surface area contributed by atoms with Crippen molar-refractivity contribution in [1.82, 2.24) is 4.90 Å². The average molecular weight is 327 g/mol. The van der Waals surface area contributed by atoms with Crippen LogP contribution < -0.4 is 4.74 Å². The topological polar surface area (TPSA) is 49.8 Å². The second kappa shape index (κ2) is 7.22. The molecule has 0 aliphatic heterocycles. The van der Waals surface area contributed by atoms with Gasteiger partial charge in [-0.3, -0.25) is 4.79 Å². The normalized spacial score (nSPS) is 22.1. The van der Waals surface area contributed by atoms with Gasteiger partial charge in [0.1, 0.15) is 5.75 Å². The molecule has 2 aromatic carbocycles. The van der Waals surface area contributed by atoms with Crippen LogP contribution in [0.15, 0.2) is 42.5 Å². The number of benzene rings is 2. The van der Waals surface area contributed by atoms with Crippen molar-refractivity contribution in [2.45, 2.75) is 50.9 Å². The Morgan fingerprint density at radius 2 is 1.88 bits per heavy atom. The summed E-state index contributed by atoms with van der Waals surface area (Å²) in [5, 5.41) is 12.4. The summed E-state index contributed by atoms with van der Waals surface area (Å²) >= 11 is 0. The highest BCUT2D eigenvalue weighted by molar-refractivity contribution is 5.84. The molecule has 0 aromatic heterocycles. The van der Waals surface area contributed by atoms with Crippen molar-refractivity contribution in [3.8, 4) is 5.75 Å².